The van der Waals surface area contributed by atoms with Gasteiger partial charge in [-0.3, -0.25) is 4.90 Å². The van der Waals surface area contributed by atoms with Crippen LogP contribution in [0.3, 0.4) is 0 Å². The molecule has 186 valence electrons. The van der Waals surface area contributed by atoms with Gasteiger partial charge in [-0.05, 0) is 52.9 Å². The molecule has 5 heteroatoms. The molecule has 0 heterocycles. The Labute approximate surface area is 212 Å². The number of ether oxygens (including phenoxy) is 1. The lowest BCUT2D eigenvalue weighted by atomic mass is 10.0. The van der Waals surface area contributed by atoms with Gasteiger partial charge in [0.1, 0.15) is 18.1 Å². The highest BCUT2D eigenvalue weighted by molar-refractivity contribution is 5.38. The zero-order chi connectivity index (χ0) is 25.2. The van der Waals surface area contributed by atoms with Gasteiger partial charge in [0.05, 0.1) is 12.7 Å². The maximum Gasteiger partial charge on any atom is 0.125 e. The number of hydrogen-bond donors (Lipinski definition) is 3. The maximum atomic E-state index is 11.1. The normalized spacial score (nSPS) is 12.0. The monoisotopic (exact) mass is 483 g/mol. The van der Waals surface area contributed by atoms with E-state index in [4.69, 9.17) is 4.74 Å². The third-order valence-electron chi connectivity index (χ3n) is 6.21. The summed E-state index contributed by atoms with van der Waals surface area (Å²) in [6.07, 6.45) is 0.0792. The largest absolute Gasteiger partial charge is 0.508 e. The Bertz CT molecular complexity index is 1200. The van der Waals surface area contributed by atoms with E-state index in [9.17, 15) is 15.3 Å². The summed E-state index contributed by atoms with van der Waals surface area (Å²) in [5.74, 6) is 0.872. The van der Waals surface area contributed by atoms with E-state index >= 15 is 0 Å². The smallest absolute Gasteiger partial charge is 0.125 e. The Kier molecular flexibility index (Phi) is 9.11. The van der Waals surface area contributed by atoms with Crippen LogP contribution in [0.2, 0.25) is 0 Å². The van der Waals surface area contributed by atoms with Crippen molar-refractivity contribution in [3.8, 4) is 11.5 Å². The number of phenolic OH excluding ortho intramolecular Hbond substituents is 1. The summed E-state index contributed by atoms with van der Waals surface area (Å²) in [6, 6.07) is 32.9. The molecule has 5 nitrogen and oxygen atoms in total. The minimum atomic E-state index is -0.720. The Morgan fingerprint density at radius 1 is 0.750 bits per heavy atom. The van der Waals surface area contributed by atoms with Crippen LogP contribution in [0.1, 0.15) is 33.9 Å². The second-order valence-corrected chi connectivity index (χ2v) is 8.95. The molecule has 0 aliphatic rings. The summed E-state index contributed by atoms with van der Waals surface area (Å²) < 4.78 is 5.94. The van der Waals surface area contributed by atoms with Gasteiger partial charge in [-0.2, -0.15) is 0 Å². The summed E-state index contributed by atoms with van der Waals surface area (Å²) in [7, 11) is 0. The highest BCUT2D eigenvalue weighted by Crippen LogP contribution is 2.26. The Morgan fingerprint density at radius 2 is 1.42 bits per heavy atom. The lowest BCUT2D eigenvalue weighted by Crippen LogP contribution is -2.30. The zero-order valence-corrected chi connectivity index (χ0v) is 20.3. The Hall–Kier alpha value is -3.64. The van der Waals surface area contributed by atoms with Crippen molar-refractivity contribution in [2.75, 3.05) is 13.1 Å². The highest BCUT2D eigenvalue weighted by Gasteiger charge is 2.16. The fourth-order valence-electron chi connectivity index (χ4n) is 4.18. The number of aliphatic hydroxyl groups excluding tert-OH is 2. The molecular weight excluding hydrogens is 450 g/mol. The van der Waals surface area contributed by atoms with E-state index in [1.807, 2.05) is 78.9 Å². The van der Waals surface area contributed by atoms with Crippen LogP contribution in [0.5, 0.6) is 11.5 Å². The summed E-state index contributed by atoms with van der Waals surface area (Å²) >= 11 is 0. The molecule has 4 rings (SSSR count). The number of nitrogens with zero attached hydrogens (tertiary/aromatic N) is 1. The van der Waals surface area contributed by atoms with E-state index in [-0.39, 0.29) is 12.4 Å². The molecule has 36 heavy (non-hydrogen) atoms. The van der Waals surface area contributed by atoms with Gasteiger partial charge in [0.2, 0.25) is 0 Å². The highest BCUT2D eigenvalue weighted by atomic mass is 16.5. The van der Waals surface area contributed by atoms with Crippen molar-refractivity contribution >= 4 is 0 Å². The van der Waals surface area contributed by atoms with E-state index in [0.717, 1.165) is 29.7 Å². The molecule has 4 aromatic carbocycles. The first kappa shape index (κ1) is 25.5. The molecule has 0 aromatic heterocycles. The van der Waals surface area contributed by atoms with Crippen LogP contribution in [0, 0.1) is 0 Å². The van der Waals surface area contributed by atoms with Crippen LogP contribution in [0.4, 0.5) is 0 Å². The van der Waals surface area contributed by atoms with Gasteiger partial charge < -0.3 is 20.1 Å². The fourth-order valence-corrected chi connectivity index (χ4v) is 4.18. The van der Waals surface area contributed by atoms with Gasteiger partial charge in [-0.15, -0.1) is 0 Å². The van der Waals surface area contributed by atoms with Crippen molar-refractivity contribution < 1.29 is 20.1 Å². The minimum absolute atomic E-state index is 0.167. The van der Waals surface area contributed by atoms with Gasteiger partial charge in [-0.1, -0.05) is 78.9 Å². The van der Waals surface area contributed by atoms with Gasteiger partial charge in [0.25, 0.3) is 0 Å². The molecule has 0 spiro atoms. The first-order valence-electron chi connectivity index (χ1n) is 12.2. The fraction of sp³-hybridized carbons (Fsp3) is 0.226. The second-order valence-electron chi connectivity index (χ2n) is 8.95. The van der Waals surface area contributed by atoms with Crippen molar-refractivity contribution in [3.63, 3.8) is 0 Å². The standard InChI is InChI=1S/C31H33NO4/c33-22-28-19-27(13-16-31(28)36-23-26-9-5-2-6-10-26)30(35)21-32(20-25-7-3-1-4-8-25)18-17-24-11-14-29(34)15-12-24/h1-16,19,30,33-35H,17-18,20-23H2. The molecule has 1 unspecified atom stereocenters. The van der Waals surface area contributed by atoms with Crippen LogP contribution >= 0.6 is 0 Å². The number of aromatic hydroxyl groups is 1. The number of rotatable bonds is 12. The molecule has 0 aliphatic carbocycles. The summed E-state index contributed by atoms with van der Waals surface area (Å²) in [6.45, 7) is 2.15. The lowest BCUT2D eigenvalue weighted by Gasteiger charge is -2.26. The average Bonchev–Trinajstić information content (AvgIpc) is 2.92. The Morgan fingerprint density at radius 3 is 2.08 bits per heavy atom. The number of hydrogen-bond acceptors (Lipinski definition) is 5. The topological polar surface area (TPSA) is 73.2 Å². The SMILES string of the molecule is OCc1cc(C(O)CN(CCc2ccc(O)cc2)Cc2ccccc2)ccc1OCc1ccccc1. The van der Waals surface area contributed by atoms with Gasteiger partial charge in [0.15, 0.2) is 0 Å². The van der Waals surface area contributed by atoms with Crippen molar-refractivity contribution in [1.29, 1.82) is 0 Å². The van der Waals surface area contributed by atoms with E-state index in [1.54, 1.807) is 12.1 Å². The molecule has 4 aromatic rings. The van der Waals surface area contributed by atoms with Crippen LogP contribution in [0.15, 0.2) is 103 Å². The number of phenols is 1. The Balaban J connectivity index is 1.44. The summed E-state index contributed by atoms with van der Waals surface area (Å²) in [5, 5.41) is 30.6. The third kappa shape index (κ3) is 7.43. The molecule has 3 N–H and O–H groups in total. The average molecular weight is 484 g/mol. The van der Waals surface area contributed by atoms with Gasteiger partial charge in [-0.25, -0.2) is 0 Å². The number of benzene rings is 4. The van der Waals surface area contributed by atoms with Crippen LogP contribution in [-0.2, 0) is 26.2 Å². The predicted molar refractivity (Wildman–Crippen MR) is 142 cm³/mol. The molecular formula is C31H33NO4. The number of aliphatic hydroxyl groups is 2. The minimum Gasteiger partial charge on any atom is -0.508 e. The molecule has 0 fully saturated rings. The van der Waals surface area contributed by atoms with Crippen LogP contribution < -0.4 is 4.74 Å². The van der Waals surface area contributed by atoms with E-state index in [0.29, 0.717) is 31.0 Å². The summed E-state index contributed by atoms with van der Waals surface area (Å²) in [5.41, 5.74) is 4.75. The van der Waals surface area contributed by atoms with Gasteiger partial charge in [0, 0.05) is 25.2 Å². The molecule has 0 aliphatic heterocycles. The molecule has 0 saturated heterocycles. The molecule has 0 saturated carbocycles. The van der Waals surface area contributed by atoms with E-state index < -0.39 is 6.10 Å². The maximum absolute atomic E-state index is 11.1. The van der Waals surface area contributed by atoms with Crippen molar-refractivity contribution in [3.05, 3.63) is 131 Å². The second kappa shape index (κ2) is 12.9. The summed E-state index contributed by atoms with van der Waals surface area (Å²) in [4.78, 5) is 2.23. The van der Waals surface area contributed by atoms with Crippen molar-refractivity contribution in [2.24, 2.45) is 0 Å². The molecule has 0 bridgehead atoms. The molecule has 0 amide bonds. The quantitative estimate of drug-likeness (QED) is 0.257. The van der Waals surface area contributed by atoms with Crippen LogP contribution in [0.25, 0.3) is 0 Å². The van der Waals surface area contributed by atoms with Crippen molar-refractivity contribution in [1.82, 2.24) is 4.90 Å². The molecule has 0 radical (unpaired) electrons. The van der Waals surface area contributed by atoms with E-state index in [2.05, 4.69) is 17.0 Å². The zero-order valence-electron chi connectivity index (χ0n) is 20.3. The van der Waals surface area contributed by atoms with Crippen LogP contribution in [-0.4, -0.2) is 33.3 Å². The molecule has 1 atom stereocenters. The first-order valence-corrected chi connectivity index (χ1v) is 12.2. The van der Waals surface area contributed by atoms with E-state index in [1.165, 1.54) is 5.56 Å². The third-order valence-corrected chi connectivity index (χ3v) is 6.21. The van der Waals surface area contributed by atoms with Crippen molar-refractivity contribution in [2.45, 2.75) is 32.3 Å². The van der Waals surface area contributed by atoms with Gasteiger partial charge >= 0.3 is 0 Å². The lowest BCUT2D eigenvalue weighted by molar-refractivity contribution is 0.109. The predicted octanol–water partition coefficient (Wildman–Crippen LogP) is 5.24. The first-order chi connectivity index (χ1) is 17.6.